The van der Waals surface area contributed by atoms with Crippen molar-refractivity contribution in [2.75, 3.05) is 11.4 Å². The van der Waals surface area contributed by atoms with Gasteiger partial charge < -0.3 is 4.90 Å². The van der Waals surface area contributed by atoms with Crippen LogP contribution in [-0.4, -0.2) is 12.6 Å². The molecule has 1 saturated heterocycles. The lowest BCUT2D eigenvalue weighted by molar-refractivity contribution is -0.138. The van der Waals surface area contributed by atoms with Gasteiger partial charge in [0.05, 0.1) is 11.3 Å². The Balaban J connectivity index is 1.87. The number of rotatable bonds is 7. The second-order valence-electron chi connectivity index (χ2n) is 10.4. The molecule has 0 N–H and O–H groups in total. The van der Waals surface area contributed by atoms with Crippen LogP contribution in [0, 0.1) is 5.92 Å². The van der Waals surface area contributed by atoms with Gasteiger partial charge in [-0.05, 0) is 65.8 Å². The minimum Gasteiger partial charge on any atom is -0.365 e. The number of anilines is 1. The van der Waals surface area contributed by atoms with Gasteiger partial charge in [0.25, 0.3) is 0 Å². The summed E-state index contributed by atoms with van der Waals surface area (Å²) in [5, 5.41) is 0. The van der Waals surface area contributed by atoms with Crippen molar-refractivity contribution in [3.05, 3.63) is 95.6 Å². The normalized spacial score (nSPS) is 17.6. The molecule has 1 fully saturated rings. The number of benzene rings is 3. The molecule has 0 radical (unpaired) electrons. The molecule has 3 aromatic carbocycles. The maximum atomic E-state index is 14.8. The van der Waals surface area contributed by atoms with Crippen LogP contribution in [0.1, 0.15) is 69.1 Å². The summed E-state index contributed by atoms with van der Waals surface area (Å²) in [5.41, 5.74) is 3.11. The summed E-state index contributed by atoms with van der Waals surface area (Å²) in [4.78, 5) is 2.00. The lowest BCUT2D eigenvalue weighted by atomic mass is 9.85. The molecule has 1 heterocycles. The van der Waals surface area contributed by atoms with E-state index in [0.717, 1.165) is 36.0 Å². The third kappa shape index (κ3) is 6.21. The molecule has 1 aliphatic rings. The van der Waals surface area contributed by atoms with Crippen LogP contribution < -0.4 is 4.90 Å². The van der Waals surface area contributed by atoms with Crippen LogP contribution >= 0.6 is 0 Å². The third-order valence-electron chi connectivity index (χ3n) is 7.06. The molecular weight excluding hydrogens is 455 g/mol. The van der Waals surface area contributed by atoms with Crippen molar-refractivity contribution in [2.24, 2.45) is 5.92 Å². The fraction of sp³-hybridized carbons (Fsp3) is 0.375. The molecule has 4 rings (SSSR count). The highest BCUT2D eigenvalue weighted by molar-refractivity contribution is 5.74. The fourth-order valence-electron chi connectivity index (χ4n) is 5.45. The van der Waals surface area contributed by atoms with Gasteiger partial charge in [0.15, 0.2) is 0 Å². The predicted octanol–water partition coefficient (Wildman–Crippen LogP) is 9.59. The van der Waals surface area contributed by atoms with E-state index in [-0.39, 0.29) is 12.0 Å². The first-order valence-electron chi connectivity index (χ1n) is 13.0. The van der Waals surface area contributed by atoms with Gasteiger partial charge in [-0.3, -0.25) is 0 Å². The molecule has 2 atom stereocenters. The Morgan fingerprint density at radius 2 is 1.56 bits per heavy atom. The summed E-state index contributed by atoms with van der Waals surface area (Å²) in [6.45, 7) is 6.69. The van der Waals surface area contributed by atoms with Crippen LogP contribution in [0.3, 0.4) is 0 Å². The zero-order chi connectivity index (χ0) is 25.7. The van der Waals surface area contributed by atoms with Crippen molar-refractivity contribution in [3.8, 4) is 11.1 Å². The molecule has 0 amide bonds. The SMILES string of the molecule is CC(C)C[C@@H](C)c1cc(-c2ccccc2)cc(N2CCCCC2C=Cc2ccccc2)c1C(F)(F)F. The Kier molecular flexibility index (Phi) is 8.23. The fourth-order valence-corrected chi connectivity index (χ4v) is 5.45. The van der Waals surface area contributed by atoms with Gasteiger partial charge in [0, 0.05) is 12.6 Å². The summed E-state index contributed by atoms with van der Waals surface area (Å²) in [7, 11) is 0. The van der Waals surface area contributed by atoms with Gasteiger partial charge in [0.2, 0.25) is 0 Å². The van der Waals surface area contributed by atoms with Crippen LogP contribution in [0.5, 0.6) is 0 Å². The van der Waals surface area contributed by atoms with E-state index in [1.54, 1.807) is 12.1 Å². The van der Waals surface area contributed by atoms with Gasteiger partial charge in [-0.2, -0.15) is 13.2 Å². The largest absolute Gasteiger partial charge is 0.418 e. The maximum Gasteiger partial charge on any atom is 0.418 e. The first-order chi connectivity index (χ1) is 17.2. The number of hydrogen-bond acceptors (Lipinski definition) is 1. The molecule has 0 aromatic heterocycles. The van der Waals surface area contributed by atoms with Gasteiger partial charge in [-0.25, -0.2) is 0 Å². The summed E-state index contributed by atoms with van der Waals surface area (Å²) >= 11 is 0. The number of nitrogens with zero attached hydrogens (tertiary/aromatic N) is 1. The first-order valence-corrected chi connectivity index (χ1v) is 13.0. The molecule has 4 heteroatoms. The highest BCUT2D eigenvalue weighted by Crippen LogP contribution is 2.46. The van der Waals surface area contributed by atoms with Crippen LogP contribution in [0.15, 0.2) is 78.9 Å². The first kappa shape index (κ1) is 26.1. The zero-order valence-electron chi connectivity index (χ0n) is 21.4. The van der Waals surface area contributed by atoms with E-state index in [2.05, 4.69) is 19.9 Å². The number of piperidine rings is 1. The monoisotopic (exact) mass is 491 g/mol. The van der Waals surface area contributed by atoms with Crippen molar-refractivity contribution >= 4 is 11.8 Å². The topological polar surface area (TPSA) is 3.24 Å². The van der Waals surface area contributed by atoms with E-state index in [9.17, 15) is 13.2 Å². The molecular formula is C32H36F3N. The predicted molar refractivity (Wildman–Crippen MR) is 145 cm³/mol. The zero-order valence-corrected chi connectivity index (χ0v) is 21.4. The molecule has 190 valence electrons. The minimum absolute atomic E-state index is 0.0839. The average Bonchev–Trinajstić information content (AvgIpc) is 2.87. The average molecular weight is 492 g/mol. The van der Waals surface area contributed by atoms with E-state index in [1.807, 2.05) is 78.6 Å². The van der Waals surface area contributed by atoms with Gasteiger partial charge in [-0.15, -0.1) is 0 Å². The van der Waals surface area contributed by atoms with Crippen LogP contribution in [0.4, 0.5) is 18.9 Å². The third-order valence-corrected chi connectivity index (χ3v) is 7.06. The molecule has 0 bridgehead atoms. The molecule has 36 heavy (non-hydrogen) atoms. The van der Waals surface area contributed by atoms with Crippen molar-refractivity contribution in [2.45, 2.75) is 64.6 Å². The lowest BCUT2D eigenvalue weighted by Crippen LogP contribution is -2.39. The Hall–Kier alpha value is -3.01. The van der Waals surface area contributed by atoms with Crippen molar-refractivity contribution < 1.29 is 13.2 Å². The summed E-state index contributed by atoms with van der Waals surface area (Å²) in [6, 6.07) is 23.2. The quantitative estimate of drug-likeness (QED) is 0.318. The maximum absolute atomic E-state index is 14.8. The van der Waals surface area contributed by atoms with E-state index in [1.165, 1.54) is 0 Å². The van der Waals surface area contributed by atoms with Crippen LogP contribution in [0.2, 0.25) is 0 Å². The van der Waals surface area contributed by atoms with Gasteiger partial charge >= 0.3 is 6.18 Å². The molecule has 1 nitrogen and oxygen atoms in total. The lowest BCUT2D eigenvalue weighted by Gasteiger charge is -2.39. The smallest absolute Gasteiger partial charge is 0.365 e. The van der Waals surface area contributed by atoms with Crippen molar-refractivity contribution in [3.63, 3.8) is 0 Å². The molecule has 1 aliphatic heterocycles. The highest BCUT2D eigenvalue weighted by atomic mass is 19.4. The number of alkyl halides is 3. The number of hydrogen-bond donors (Lipinski definition) is 0. The van der Waals surface area contributed by atoms with Gasteiger partial charge in [0.1, 0.15) is 0 Å². The summed E-state index contributed by atoms with van der Waals surface area (Å²) < 4.78 is 44.5. The van der Waals surface area contributed by atoms with E-state index >= 15 is 0 Å². The molecule has 0 spiro atoms. The van der Waals surface area contributed by atoms with Crippen molar-refractivity contribution in [1.82, 2.24) is 0 Å². The Morgan fingerprint density at radius 3 is 2.19 bits per heavy atom. The van der Waals surface area contributed by atoms with E-state index < -0.39 is 11.7 Å². The minimum atomic E-state index is -4.43. The van der Waals surface area contributed by atoms with Crippen LogP contribution in [-0.2, 0) is 6.18 Å². The molecule has 0 saturated carbocycles. The van der Waals surface area contributed by atoms with Gasteiger partial charge in [-0.1, -0.05) is 99.7 Å². The Bertz CT molecular complexity index is 1150. The second-order valence-corrected chi connectivity index (χ2v) is 10.4. The molecule has 0 aliphatic carbocycles. The van der Waals surface area contributed by atoms with E-state index in [0.29, 0.717) is 30.1 Å². The Labute approximate surface area is 213 Å². The molecule has 1 unspecified atom stereocenters. The number of halogens is 3. The molecule has 3 aromatic rings. The summed E-state index contributed by atoms with van der Waals surface area (Å²) in [6.07, 6.45) is 3.14. The van der Waals surface area contributed by atoms with E-state index in [4.69, 9.17) is 0 Å². The standard InChI is InChI=1S/C32H36F3N/c1-23(2)20-24(3)29-21-27(26-14-8-5-9-15-26)22-30(31(29)32(33,34)35)36-19-11-10-16-28(36)18-17-25-12-6-4-7-13-25/h4-9,12-15,17-18,21-24,28H,10-11,16,19-20H2,1-3H3/t24-,28?/m1/s1. The Morgan fingerprint density at radius 1 is 0.889 bits per heavy atom. The summed E-state index contributed by atoms with van der Waals surface area (Å²) in [5.74, 6) is 0.105. The van der Waals surface area contributed by atoms with Crippen LogP contribution in [0.25, 0.3) is 17.2 Å². The highest BCUT2D eigenvalue weighted by Gasteiger charge is 2.40. The van der Waals surface area contributed by atoms with Crippen molar-refractivity contribution in [1.29, 1.82) is 0 Å². The second kappa shape index (κ2) is 11.4.